The summed E-state index contributed by atoms with van der Waals surface area (Å²) in [6.45, 7) is 2.80. The second-order valence-electron chi connectivity index (χ2n) is 4.44. The minimum atomic E-state index is 0.588. The fourth-order valence-corrected chi connectivity index (χ4v) is 1.87. The molecule has 0 fully saturated rings. The minimum absolute atomic E-state index is 0.588. The highest BCUT2D eigenvalue weighted by Gasteiger charge is 2.05. The number of benzene rings is 1. The van der Waals surface area contributed by atoms with Crippen LogP contribution in [0.3, 0.4) is 0 Å². The van der Waals surface area contributed by atoms with Gasteiger partial charge in [0.05, 0.1) is 0 Å². The second kappa shape index (κ2) is 6.31. The van der Waals surface area contributed by atoms with Crippen LogP contribution in [-0.2, 0) is 12.8 Å². The first-order chi connectivity index (χ1) is 8.83. The number of aromatic nitrogens is 3. The van der Waals surface area contributed by atoms with Crippen LogP contribution in [0.5, 0.6) is 0 Å². The molecule has 0 amide bonds. The van der Waals surface area contributed by atoms with Gasteiger partial charge in [-0.15, -0.1) is 0 Å². The van der Waals surface area contributed by atoms with E-state index in [0.717, 1.165) is 30.1 Å². The van der Waals surface area contributed by atoms with Crippen LogP contribution in [0.4, 0.5) is 0 Å². The Hall–Kier alpha value is -1.68. The molecule has 2 aromatic rings. The molecular weight excluding hydrogens is 224 g/mol. The molecule has 0 aliphatic heterocycles. The lowest BCUT2D eigenvalue weighted by molar-refractivity contribution is 0.795. The van der Waals surface area contributed by atoms with Crippen LogP contribution in [0.15, 0.2) is 24.3 Å². The van der Waals surface area contributed by atoms with Gasteiger partial charge in [0.2, 0.25) is 0 Å². The summed E-state index contributed by atoms with van der Waals surface area (Å²) in [6, 6.07) is 8.48. The summed E-state index contributed by atoms with van der Waals surface area (Å²) >= 11 is 0. The molecule has 0 saturated carbocycles. The lowest BCUT2D eigenvalue weighted by Gasteiger charge is -2.00. The SMILES string of the molecule is CCCCc1ccc(-c2n[nH]c(CCN)n2)cc1. The maximum Gasteiger partial charge on any atom is 0.181 e. The van der Waals surface area contributed by atoms with Crippen molar-refractivity contribution in [3.63, 3.8) is 0 Å². The Balaban J connectivity index is 2.07. The summed E-state index contributed by atoms with van der Waals surface area (Å²) in [6.07, 6.45) is 4.34. The molecule has 1 aromatic carbocycles. The van der Waals surface area contributed by atoms with E-state index in [1.165, 1.54) is 18.4 Å². The van der Waals surface area contributed by atoms with Crippen molar-refractivity contribution >= 4 is 0 Å². The minimum Gasteiger partial charge on any atom is -0.330 e. The molecule has 0 radical (unpaired) electrons. The van der Waals surface area contributed by atoms with Gasteiger partial charge in [-0.05, 0) is 24.9 Å². The van der Waals surface area contributed by atoms with Gasteiger partial charge in [-0.2, -0.15) is 5.10 Å². The number of H-pyrrole nitrogens is 1. The number of unbranched alkanes of at least 4 members (excludes halogenated alkanes) is 1. The topological polar surface area (TPSA) is 67.6 Å². The average Bonchev–Trinajstić information content (AvgIpc) is 2.86. The van der Waals surface area contributed by atoms with Gasteiger partial charge in [-0.1, -0.05) is 37.6 Å². The van der Waals surface area contributed by atoms with Crippen LogP contribution in [0.1, 0.15) is 31.2 Å². The predicted octanol–water partition coefficient (Wildman–Crippen LogP) is 2.32. The molecule has 4 heteroatoms. The monoisotopic (exact) mass is 244 g/mol. The van der Waals surface area contributed by atoms with Crippen molar-refractivity contribution in [1.82, 2.24) is 15.2 Å². The molecule has 96 valence electrons. The zero-order chi connectivity index (χ0) is 12.8. The van der Waals surface area contributed by atoms with Gasteiger partial charge in [0, 0.05) is 12.0 Å². The third-order valence-electron chi connectivity index (χ3n) is 2.94. The number of nitrogens with one attached hydrogen (secondary N) is 1. The van der Waals surface area contributed by atoms with Crippen molar-refractivity contribution in [2.24, 2.45) is 5.73 Å². The van der Waals surface area contributed by atoms with E-state index >= 15 is 0 Å². The molecule has 0 atom stereocenters. The van der Waals surface area contributed by atoms with Crippen LogP contribution in [-0.4, -0.2) is 21.7 Å². The Kier molecular flexibility index (Phi) is 4.47. The first-order valence-corrected chi connectivity index (χ1v) is 6.54. The van der Waals surface area contributed by atoms with Gasteiger partial charge in [0.15, 0.2) is 5.82 Å². The zero-order valence-corrected chi connectivity index (χ0v) is 10.8. The van der Waals surface area contributed by atoms with Crippen molar-refractivity contribution in [1.29, 1.82) is 0 Å². The van der Waals surface area contributed by atoms with Crippen LogP contribution < -0.4 is 5.73 Å². The van der Waals surface area contributed by atoms with Gasteiger partial charge >= 0.3 is 0 Å². The van der Waals surface area contributed by atoms with E-state index in [0.29, 0.717) is 6.54 Å². The summed E-state index contributed by atoms with van der Waals surface area (Å²) < 4.78 is 0. The summed E-state index contributed by atoms with van der Waals surface area (Å²) in [5.41, 5.74) is 7.91. The normalized spacial score (nSPS) is 10.8. The predicted molar refractivity (Wildman–Crippen MR) is 73.2 cm³/mol. The largest absolute Gasteiger partial charge is 0.330 e. The van der Waals surface area contributed by atoms with Crippen LogP contribution in [0, 0.1) is 0 Å². The number of aromatic amines is 1. The highest BCUT2D eigenvalue weighted by atomic mass is 15.2. The standard InChI is InChI=1S/C14H20N4/c1-2-3-4-11-5-7-12(8-6-11)14-16-13(9-10-15)17-18-14/h5-8H,2-4,9-10,15H2,1H3,(H,16,17,18). The van der Waals surface area contributed by atoms with Gasteiger partial charge in [0.1, 0.15) is 5.82 Å². The average molecular weight is 244 g/mol. The molecule has 0 spiro atoms. The first-order valence-electron chi connectivity index (χ1n) is 6.54. The second-order valence-corrected chi connectivity index (χ2v) is 4.44. The van der Waals surface area contributed by atoms with E-state index in [9.17, 15) is 0 Å². The van der Waals surface area contributed by atoms with Gasteiger partial charge in [0.25, 0.3) is 0 Å². The van der Waals surface area contributed by atoms with E-state index < -0.39 is 0 Å². The van der Waals surface area contributed by atoms with Crippen LogP contribution in [0.2, 0.25) is 0 Å². The molecule has 3 N–H and O–H groups in total. The molecule has 0 unspecified atom stereocenters. The molecule has 0 aliphatic rings. The van der Waals surface area contributed by atoms with E-state index in [1.54, 1.807) is 0 Å². The number of hydrogen-bond donors (Lipinski definition) is 2. The summed E-state index contributed by atoms with van der Waals surface area (Å²) in [4.78, 5) is 4.42. The fraction of sp³-hybridized carbons (Fsp3) is 0.429. The smallest absolute Gasteiger partial charge is 0.181 e. The molecule has 0 saturated heterocycles. The summed E-state index contributed by atoms with van der Waals surface area (Å²) in [5.74, 6) is 1.60. The quantitative estimate of drug-likeness (QED) is 0.819. The Labute approximate surface area is 108 Å². The van der Waals surface area contributed by atoms with Crippen molar-refractivity contribution in [2.75, 3.05) is 6.54 Å². The van der Waals surface area contributed by atoms with Crippen molar-refractivity contribution in [3.05, 3.63) is 35.7 Å². The Morgan fingerprint density at radius 3 is 2.61 bits per heavy atom. The van der Waals surface area contributed by atoms with Gasteiger partial charge in [-0.3, -0.25) is 5.10 Å². The molecule has 18 heavy (non-hydrogen) atoms. The van der Waals surface area contributed by atoms with E-state index in [2.05, 4.69) is 46.4 Å². The number of aryl methyl sites for hydroxylation is 1. The molecular formula is C14H20N4. The maximum atomic E-state index is 5.49. The molecule has 1 aromatic heterocycles. The van der Waals surface area contributed by atoms with Crippen molar-refractivity contribution < 1.29 is 0 Å². The van der Waals surface area contributed by atoms with Gasteiger partial charge < -0.3 is 5.73 Å². The lowest BCUT2D eigenvalue weighted by Crippen LogP contribution is -2.03. The van der Waals surface area contributed by atoms with Crippen LogP contribution in [0.25, 0.3) is 11.4 Å². The zero-order valence-electron chi connectivity index (χ0n) is 10.8. The van der Waals surface area contributed by atoms with Crippen LogP contribution >= 0.6 is 0 Å². The van der Waals surface area contributed by atoms with E-state index in [1.807, 2.05) is 0 Å². The molecule has 2 rings (SSSR count). The Morgan fingerprint density at radius 1 is 1.17 bits per heavy atom. The molecule has 0 aliphatic carbocycles. The van der Waals surface area contributed by atoms with E-state index in [-0.39, 0.29) is 0 Å². The highest BCUT2D eigenvalue weighted by molar-refractivity contribution is 5.54. The summed E-state index contributed by atoms with van der Waals surface area (Å²) in [7, 11) is 0. The van der Waals surface area contributed by atoms with Gasteiger partial charge in [-0.25, -0.2) is 4.98 Å². The molecule has 0 bridgehead atoms. The fourth-order valence-electron chi connectivity index (χ4n) is 1.87. The molecule has 1 heterocycles. The Bertz CT molecular complexity index is 473. The van der Waals surface area contributed by atoms with Crippen molar-refractivity contribution in [3.8, 4) is 11.4 Å². The molecule has 4 nitrogen and oxygen atoms in total. The number of rotatable bonds is 6. The number of nitrogens with zero attached hydrogens (tertiary/aromatic N) is 2. The third-order valence-corrected chi connectivity index (χ3v) is 2.94. The number of hydrogen-bond acceptors (Lipinski definition) is 3. The number of nitrogens with two attached hydrogens (primary N) is 1. The Morgan fingerprint density at radius 2 is 1.94 bits per heavy atom. The lowest BCUT2D eigenvalue weighted by atomic mass is 10.1. The van der Waals surface area contributed by atoms with Crippen molar-refractivity contribution in [2.45, 2.75) is 32.6 Å². The first kappa shape index (κ1) is 12.8. The maximum absolute atomic E-state index is 5.49. The summed E-state index contributed by atoms with van der Waals surface area (Å²) in [5, 5.41) is 7.12. The third kappa shape index (κ3) is 3.17. The highest BCUT2D eigenvalue weighted by Crippen LogP contribution is 2.16. The van der Waals surface area contributed by atoms with E-state index in [4.69, 9.17) is 5.73 Å².